The molecule has 1 N–H and O–H groups in total. The Kier molecular flexibility index (Phi) is 6.97. The van der Waals surface area contributed by atoms with Crippen LogP contribution < -0.4 is 0 Å². The molecule has 0 aliphatic heterocycles. The van der Waals surface area contributed by atoms with E-state index in [4.69, 9.17) is 0 Å². The van der Waals surface area contributed by atoms with Crippen LogP contribution in [-0.4, -0.2) is 11.2 Å². The van der Waals surface area contributed by atoms with Gasteiger partial charge in [-0.3, -0.25) is 0 Å². The maximum atomic E-state index is 9.87. The minimum atomic E-state index is -0.120. The van der Waals surface area contributed by atoms with E-state index in [0.29, 0.717) is 11.8 Å². The molecule has 1 nitrogen and oxygen atoms in total. The molecule has 1 heteroatoms. The Morgan fingerprint density at radius 3 is 2.38 bits per heavy atom. The topological polar surface area (TPSA) is 20.2 Å². The molecule has 0 fully saturated rings. The average Bonchev–Trinajstić information content (AvgIpc) is 2.04. The highest BCUT2D eigenvalue weighted by Gasteiger charge is 2.17. The maximum Gasteiger partial charge on any atom is 0.0570 e. The highest BCUT2D eigenvalue weighted by Crippen LogP contribution is 2.21. The smallest absolute Gasteiger partial charge is 0.0570 e. The summed E-state index contributed by atoms with van der Waals surface area (Å²) in [5.74, 6) is 1.05. The molecule has 0 aromatic heterocycles. The number of aliphatic hydroxyl groups is 1. The van der Waals surface area contributed by atoms with E-state index in [0.717, 1.165) is 25.7 Å². The quantitative estimate of drug-likeness (QED) is 0.601. The molecule has 78 valence electrons. The van der Waals surface area contributed by atoms with Crippen LogP contribution in [0.1, 0.15) is 46.5 Å². The standard InChI is InChI=1S/C12H24O/c1-5-7-8-11(6-2)12(13)9-10(3)4/h5,10-13H,1,6-9H2,2-4H3. The zero-order chi connectivity index (χ0) is 10.3. The molecule has 0 amide bonds. The molecule has 0 saturated carbocycles. The molecule has 0 aliphatic rings. The largest absolute Gasteiger partial charge is 0.393 e. The van der Waals surface area contributed by atoms with Crippen LogP contribution >= 0.6 is 0 Å². The maximum absolute atomic E-state index is 9.87. The van der Waals surface area contributed by atoms with Crippen LogP contribution in [0.2, 0.25) is 0 Å². The van der Waals surface area contributed by atoms with Crippen molar-refractivity contribution in [1.29, 1.82) is 0 Å². The first-order valence-corrected chi connectivity index (χ1v) is 5.40. The van der Waals surface area contributed by atoms with Crippen molar-refractivity contribution in [2.24, 2.45) is 11.8 Å². The van der Waals surface area contributed by atoms with Gasteiger partial charge in [0.1, 0.15) is 0 Å². The van der Waals surface area contributed by atoms with E-state index in [9.17, 15) is 5.11 Å². The van der Waals surface area contributed by atoms with Crippen LogP contribution in [0.5, 0.6) is 0 Å². The van der Waals surface area contributed by atoms with E-state index < -0.39 is 0 Å². The predicted octanol–water partition coefficient (Wildman–Crippen LogP) is 3.39. The van der Waals surface area contributed by atoms with Gasteiger partial charge in [0.05, 0.1) is 6.10 Å². The van der Waals surface area contributed by atoms with Crippen LogP contribution in [-0.2, 0) is 0 Å². The zero-order valence-corrected chi connectivity index (χ0v) is 9.29. The van der Waals surface area contributed by atoms with Crippen molar-refractivity contribution >= 4 is 0 Å². The normalized spacial score (nSPS) is 15.8. The van der Waals surface area contributed by atoms with Gasteiger partial charge in [-0.05, 0) is 31.1 Å². The molecule has 0 aromatic carbocycles. The molecule has 0 bridgehead atoms. The lowest BCUT2D eigenvalue weighted by Crippen LogP contribution is -2.21. The third-order valence-electron chi connectivity index (χ3n) is 2.52. The van der Waals surface area contributed by atoms with Gasteiger partial charge in [-0.1, -0.05) is 33.3 Å². The fourth-order valence-corrected chi connectivity index (χ4v) is 1.68. The first-order chi connectivity index (χ1) is 6.11. The zero-order valence-electron chi connectivity index (χ0n) is 9.29. The summed E-state index contributed by atoms with van der Waals surface area (Å²) in [4.78, 5) is 0. The molecular weight excluding hydrogens is 160 g/mol. The highest BCUT2D eigenvalue weighted by molar-refractivity contribution is 4.74. The van der Waals surface area contributed by atoms with Crippen LogP contribution in [0.4, 0.5) is 0 Å². The lowest BCUT2D eigenvalue weighted by atomic mass is 9.89. The summed E-state index contributed by atoms with van der Waals surface area (Å²) in [5.41, 5.74) is 0. The van der Waals surface area contributed by atoms with E-state index in [1.807, 2.05) is 6.08 Å². The van der Waals surface area contributed by atoms with Gasteiger partial charge in [-0.2, -0.15) is 0 Å². The lowest BCUT2D eigenvalue weighted by Gasteiger charge is -2.22. The van der Waals surface area contributed by atoms with E-state index in [1.165, 1.54) is 0 Å². The molecule has 0 saturated heterocycles. The average molecular weight is 184 g/mol. The highest BCUT2D eigenvalue weighted by atomic mass is 16.3. The fraction of sp³-hybridized carbons (Fsp3) is 0.833. The van der Waals surface area contributed by atoms with Crippen molar-refractivity contribution in [1.82, 2.24) is 0 Å². The summed E-state index contributed by atoms with van der Waals surface area (Å²) in [5, 5.41) is 9.87. The Labute approximate surface area is 82.9 Å². The van der Waals surface area contributed by atoms with Crippen molar-refractivity contribution in [2.45, 2.75) is 52.6 Å². The molecule has 0 heterocycles. The number of aliphatic hydroxyl groups excluding tert-OH is 1. The Hall–Kier alpha value is -0.300. The second-order valence-electron chi connectivity index (χ2n) is 4.23. The molecule has 0 radical (unpaired) electrons. The summed E-state index contributed by atoms with van der Waals surface area (Å²) in [6, 6.07) is 0. The minimum Gasteiger partial charge on any atom is -0.393 e. The third kappa shape index (κ3) is 5.87. The van der Waals surface area contributed by atoms with E-state index >= 15 is 0 Å². The summed E-state index contributed by atoms with van der Waals surface area (Å²) in [6.45, 7) is 10.2. The Balaban J connectivity index is 3.83. The number of hydrogen-bond acceptors (Lipinski definition) is 1. The van der Waals surface area contributed by atoms with Gasteiger partial charge in [-0.25, -0.2) is 0 Å². The summed E-state index contributed by atoms with van der Waals surface area (Å²) >= 11 is 0. The number of hydrogen-bond donors (Lipinski definition) is 1. The Morgan fingerprint density at radius 1 is 1.38 bits per heavy atom. The van der Waals surface area contributed by atoms with Crippen LogP contribution in [0.25, 0.3) is 0 Å². The van der Waals surface area contributed by atoms with Crippen molar-refractivity contribution in [3.05, 3.63) is 12.7 Å². The number of rotatable bonds is 7. The minimum absolute atomic E-state index is 0.120. The lowest BCUT2D eigenvalue weighted by molar-refractivity contribution is 0.0802. The van der Waals surface area contributed by atoms with E-state index in [2.05, 4.69) is 27.4 Å². The third-order valence-corrected chi connectivity index (χ3v) is 2.52. The molecule has 0 aromatic rings. The van der Waals surface area contributed by atoms with Crippen molar-refractivity contribution in [3.63, 3.8) is 0 Å². The summed E-state index contributed by atoms with van der Waals surface area (Å²) in [7, 11) is 0. The van der Waals surface area contributed by atoms with Gasteiger partial charge in [-0.15, -0.1) is 6.58 Å². The van der Waals surface area contributed by atoms with Crippen LogP contribution in [0, 0.1) is 11.8 Å². The molecule has 2 atom stereocenters. The molecular formula is C12H24O. The van der Waals surface area contributed by atoms with Gasteiger partial charge in [0.2, 0.25) is 0 Å². The van der Waals surface area contributed by atoms with Crippen molar-refractivity contribution < 1.29 is 5.11 Å². The van der Waals surface area contributed by atoms with Gasteiger partial charge in [0.25, 0.3) is 0 Å². The molecule has 2 unspecified atom stereocenters. The SMILES string of the molecule is C=CCCC(CC)C(O)CC(C)C. The molecule has 0 spiro atoms. The Bertz CT molecular complexity index is 129. The second kappa shape index (κ2) is 7.14. The Morgan fingerprint density at radius 2 is 2.00 bits per heavy atom. The van der Waals surface area contributed by atoms with Gasteiger partial charge >= 0.3 is 0 Å². The van der Waals surface area contributed by atoms with Crippen LogP contribution in [0.3, 0.4) is 0 Å². The predicted molar refractivity (Wildman–Crippen MR) is 58.7 cm³/mol. The second-order valence-corrected chi connectivity index (χ2v) is 4.23. The van der Waals surface area contributed by atoms with Crippen molar-refractivity contribution in [2.75, 3.05) is 0 Å². The fourth-order valence-electron chi connectivity index (χ4n) is 1.68. The molecule has 13 heavy (non-hydrogen) atoms. The number of allylic oxidation sites excluding steroid dienone is 1. The monoisotopic (exact) mass is 184 g/mol. The van der Waals surface area contributed by atoms with Gasteiger partial charge in [0, 0.05) is 0 Å². The first-order valence-electron chi connectivity index (χ1n) is 5.40. The first kappa shape index (κ1) is 12.7. The molecule has 0 aliphatic carbocycles. The van der Waals surface area contributed by atoms with Crippen molar-refractivity contribution in [3.8, 4) is 0 Å². The van der Waals surface area contributed by atoms with Gasteiger partial charge < -0.3 is 5.11 Å². The van der Waals surface area contributed by atoms with Crippen LogP contribution in [0.15, 0.2) is 12.7 Å². The molecule has 0 rings (SSSR count). The van der Waals surface area contributed by atoms with E-state index in [1.54, 1.807) is 0 Å². The summed E-state index contributed by atoms with van der Waals surface area (Å²) < 4.78 is 0. The van der Waals surface area contributed by atoms with Gasteiger partial charge in [0.15, 0.2) is 0 Å². The summed E-state index contributed by atoms with van der Waals surface area (Å²) in [6.07, 6.45) is 5.91. The van der Waals surface area contributed by atoms with E-state index in [-0.39, 0.29) is 6.10 Å².